The van der Waals surface area contributed by atoms with Gasteiger partial charge in [-0.3, -0.25) is 0 Å². The van der Waals surface area contributed by atoms with Gasteiger partial charge in [0.2, 0.25) is 0 Å². The van der Waals surface area contributed by atoms with Crippen molar-refractivity contribution in [1.29, 1.82) is 0 Å². The zero-order chi connectivity index (χ0) is 13.2. The van der Waals surface area contributed by atoms with Gasteiger partial charge in [-0.25, -0.2) is 0 Å². The third-order valence-electron chi connectivity index (χ3n) is 3.67. The Hall–Kier alpha value is -0.445. The van der Waals surface area contributed by atoms with E-state index in [0.29, 0.717) is 0 Å². The van der Waals surface area contributed by atoms with E-state index in [0.717, 1.165) is 11.4 Å². The Morgan fingerprint density at radius 2 is 1.56 bits per heavy atom. The standard InChI is InChI=1S/C14H21BO2S/c1-13(2)14(3,4)17-15(16-13)11-18-10-12-8-6-5-7-9-12/h5-9H,10-11H2,1-4H3. The van der Waals surface area contributed by atoms with Crippen molar-refractivity contribution in [3.05, 3.63) is 35.9 Å². The lowest BCUT2D eigenvalue weighted by atomic mass is 9.90. The van der Waals surface area contributed by atoms with Crippen LogP contribution in [0.2, 0.25) is 0 Å². The topological polar surface area (TPSA) is 18.5 Å². The minimum Gasteiger partial charge on any atom is -0.403 e. The highest BCUT2D eigenvalue weighted by molar-refractivity contribution is 7.99. The molecule has 0 amide bonds. The highest BCUT2D eigenvalue weighted by Crippen LogP contribution is 2.37. The molecule has 2 rings (SSSR count). The first kappa shape index (κ1) is 14.0. The van der Waals surface area contributed by atoms with Crippen molar-refractivity contribution in [1.82, 2.24) is 0 Å². The summed E-state index contributed by atoms with van der Waals surface area (Å²) < 4.78 is 11.9. The van der Waals surface area contributed by atoms with Crippen LogP contribution in [-0.2, 0) is 15.1 Å². The molecule has 0 spiro atoms. The Bertz CT molecular complexity index is 376. The van der Waals surface area contributed by atoms with Crippen LogP contribution in [0.25, 0.3) is 0 Å². The van der Waals surface area contributed by atoms with Gasteiger partial charge in [0.05, 0.1) is 11.2 Å². The second-order valence-electron chi connectivity index (χ2n) is 5.69. The van der Waals surface area contributed by atoms with Gasteiger partial charge in [0.15, 0.2) is 0 Å². The van der Waals surface area contributed by atoms with Crippen LogP contribution in [0.15, 0.2) is 30.3 Å². The SMILES string of the molecule is CC1(C)OB(CSCc2ccccc2)OC1(C)C. The van der Waals surface area contributed by atoms with Crippen molar-refractivity contribution in [2.45, 2.75) is 44.6 Å². The van der Waals surface area contributed by atoms with Crippen molar-refractivity contribution in [3.63, 3.8) is 0 Å². The molecule has 0 bridgehead atoms. The first-order valence-corrected chi connectivity index (χ1v) is 7.53. The molecule has 1 aliphatic rings. The predicted molar refractivity (Wildman–Crippen MR) is 78.7 cm³/mol. The fourth-order valence-corrected chi connectivity index (χ4v) is 2.75. The van der Waals surface area contributed by atoms with Crippen molar-refractivity contribution in [2.75, 3.05) is 5.65 Å². The lowest BCUT2D eigenvalue weighted by molar-refractivity contribution is 0.00578. The predicted octanol–water partition coefficient (Wildman–Crippen LogP) is 3.55. The van der Waals surface area contributed by atoms with Crippen LogP contribution in [0.5, 0.6) is 0 Å². The summed E-state index contributed by atoms with van der Waals surface area (Å²) in [5.74, 6) is 1.00. The molecule has 98 valence electrons. The summed E-state index contributed by atoms with van der Waals surface area (Å²) in [5.41, 5.74) is 1.79. The van der Waals surface area contributed by atoms with E-state index in [-0.39, 0.29) is 18.3 Å². The highest BCUT2D eigenvalue weighted by atomic mass is 32.2. The van der Waals surface area contributed by atoms with E-state index in [1.54, 1.807) is 0 Å². The van der Waals surface area contributed by atoms with Gasteiger partial charge < -0.3 is 9.31 Å². The van der Waals surface area contributed by atoms with Gasteiger partial charge in [0, 0.05) is 11.4 Å². The lowest BCUT2D eigenvalue weighted by Crippen LogP contribution is -2.41. The Morgan fingerprint density at radius 3 is 2.11 bits per heavy atom. The summed E-state index contributed by atoms with van der Waals surface area (Å²) in [4.78, 5) is 0. The highest BCUT2D eigenvalue weighted by Gasteiger charge is 2.50. The summed E-state index contributed by atoms with van der Waals surface area (Å²) >= 11 is 1.86. The molecule has 0 N–H and O–H groups in total. The first-order chi connectivity index (χ1) is 8.41. The molecule has 0 aliphatic carbocycles. The van der Waals surface area contributed by atoms with Crippen LogP contribution >= 0.6 is 11.8 Å². The average Bonchev–Trinajstić information content (AvgIpc) is 2.49. The Kier molecular flexibility index (Phi) is 4.10. The molecule has 0 saturated carbocycles. The third kappa shape index (κ3) is 3.11. The minimum absolute atomic E-state index is 0.0938. The Labute approximate surface area is 115 Å². The molecule has 1 aromatic rings. The summed E-state index contributed by atoms with van der Waals surface area (Å²) in [6.45, 7) is 8.37. The molecule has 0 radical (unpaired) electrons. The van der Waals surface area contributed by atoms with Crippen LogP contribution in [0, 0.1) is 0 Å². The zero-order valence-corrected chi connectivity index (χ0v) is 12.4. The van der Waals surface area contributed by atoms with Crippen LogP contribution in [0.3, 0.4) is 0 Å². The second kappa shape index (κ2) is 5.28. The van der Waals surface area contributed by atoms with E-state index >= 15 is 0 Å². The first-order valence-electron chi connectivity index (χ1n) is 6.38. The van der Waals surface area contributed by atoms with E-state index < -0.39 is 0 Å². The molecule has 2 nitrogen and oxygen atoms in total. The fourth-order valence-electron chi connectivity index (χ4n) is 1.88. The molecule has 0 aromatic heterocycles. The van der Waals surface area contributed by atoms with E-state index in [1.165, 1.54) is 5.56 Å². The van der Waals surface area contributed by atoms with Crippen LogP contribution in [0.1, 0.15) is 33.3 Å². The van der Waals surface area contributed by atoms with Gasteiger partial charge in [-0.1, -0.05) is 30.3 Å². The van der Waals surface area contributed by atoms with Gasteiger partial charge in [-0.2, -0.15) is 11.8 Å². The molecular weight excluding hydrogens is 243 g/mol. The van der Waals surface area contributed by atoms with Crippen LogP contribution in [0.4, 0.5) is 0 Å². The van der Waals surface area contributed by atoms with Crippen LogP contribution in [-0.4, -0.2) is 24.0 Å². The maximum Gasteiger partial charge on any atom is 0.468 e. The van der Waals surface area contributed by atoms with Gasteiger partial charge >= 0.3 is 7.12 Å². The summed E-state index contributed by atoms with van der Waals surface area (Å²) in [6, 6.07) is 10.5. The minimum atomic E-state index is -0.217. The largest absolute Gasteiger partial charge is 0.468 e. The molecular formula is C14H21BO2S. The van der Waals surface area contributed by atoms with E-state index in [1.807, 2.05) is 17.8 Å². The Balaban J connectivity index is 1.79. The van der Waals surface area contributed by atoms with Gasteiger partial charge in [0.1, 0.15) is 0 Å². The van der Waals surface area contributed by atoms with E-state index in [2.05, 4.69) is 52.0 Å². The quantitative estimate of drug-likeness (QED) is 0.775. The number of benzene rings is 1. The third-order valence-corrected chi connectivity index (χ3v) is 4.71. The van der Waals surface area contributed by atoms with Crippen molar-refractivity contribution < 1.29 is 9.31 Å². The number of hydrogen-bond acceptors (Lipinski definition) is 3. The monoisotopic (exact) mass is 264 g/mol. The van der Waals surface area contributed by atoms with Gasteiger partial charge in [-0.05, 0) is 33.3 Å². The molecule has 1 heterocycles. The average molecular weight is 264 g/mol. The second-order valence-corrected chi connectivity index (χ2v) is 6.72. The van der Waals surface area contributed by atoms with Crippen molar-refractivity contribution >= 4 is 18.9 Å². The van der Waals surface area contributed by atoms with Crippen molar-refractivity contribution in [3.8, 4) is 0 Å². The Morgan fingerprint density at radius 1 is 1.00 bits per heavy atom. The van der Waals surface area contributed by atoms with Crippen LogP contribution < -0.4 is 0 Å². The number of rotatable bonds is 4. The van der Waals surface area contributed by atoms with Gasteiger partial charge in [0.25, 0.3) is 0 Å². The maximum atomic E-state index is 5.96. The number of thioether (sulfide) groups is 1. The smallest absolute Gasteiger partial charge is 0.403 e. The molecule has 18 heavy (non-hydrogen) atoms. The van der Waals surface area contributed by atoms with E-state index in [9.17, 15) is 0 Å². The normalized spacial score (nSPS) is 21.2. The lowest BCUT2D eigenvalue weighted by Gasteiger charge is -2.32. The molecule has 1 aliphatic heterocycles. The molecule has 1 aromatic carbocycles. The molecule has 0 unspecified atom stereocenters. The number of hydrogen-bond donors (Lipinski definition) is 0. The molecule has 4 heteroatoms. The fraction of sp³-hybridized carbons (Fsp3) is 0.571. The summed E-state index contributed by atoms with van der Waals surface area (Å²) in [7, 11) is -0.0938. The summed E-state index contributed by atoms with van der Waals surface area (Å²) in [6.07, 6.45) is 0. The maximum absolute atomic E-state index is 5.96. The van der Waals surface area contributed by atoms with Crippen molar-refractivity contribution in [2.24, 2.45) is 0 Å². The molecule has 1 saturated heterocycles. The molecule has 1 fully saturated rings. The van der Waals surface area contributed by atoms with E-state index in [4.69, 9.17) is 9.31 Å². The zero-order valence-electron chi connectivity index (χ0n) is 11.6. The summed E-state index contributed by atoms with van der Waals surface area (Å²) in [5, 5.41) is 0. The van der Waals surface area contributed by atoms with Gasteiger partial charge in [-0.15, -0.1) is 0 Å². The molecule has 0 atom stereocenters.